The third-order valence-electron chi connectivity index (χ3n) is 7.11. The van der Waals surface area contributed by atoms with Gasteiger partial charge in [-0.25, -0.2) is 19.2 Å². The highest BCUT2D eigenvalue weighted by molar-refractivity contribution is 5.91. The molecule has 4 amide bonds. The Hall–Kier alpha value is -3.46. The first kappa shape index (κ1) is 25.6. The molecule has 3 atom stereocenters. The Balaban J connectivity index is 1.61. The number of nitrogens with zero attached hydrogens (tertiary/aromatic N) is 4. The van der Waals surface area contributed by atoms with Crippen LogP contribution in [0.2, 0.25) is 0 Å². The molecule has 9 heteroatoms. The van der Waals surface area contributed by atoms with Gasteiger partial charge in [0.2, 0.25) is 11.8 Å². The van der Waals surface area contributed by atoms with Crippen LogP contribution in [0.1, 0.15) is 37.0 Å². The van der Waals surface area contributed by atoms with E-state index in [0.717, 1.165) is 23.1 Å². The second-order valence-electron chi connectivity index (χ2n) is 9.76. The quantitative estimate of drug-likeness (QED) is 0.668. The van der Waals surface area contributed by atoms with E-state index < -0.39 is 12.2 Å². The second-order valence-corrected chi connectivity index (χ2v) is 9.76. The molecule has 0 radical (unpaired) electrons. The van der Waals surface area contributed by atoms with Gasteiger partial charge in [-0.1, -0.05) is 62.2 Å². The lowest BCUT2D eigenvalue weighted by atomic mass is 9.92. The lowest BCUT2D eigenvalue weighted by Crippen LogP contribution is -2.76. The van der Waals surface area contributed by atoms with Gasteiger partial charge in [-0.3, -0.25) is 9.59 Å². The number of benzene rings is 2. The van der Waals surface area contributed by atoms with E-state index in [-0.39, 0.29) is 49.2 Å². The molecule has 0 aliphatic carbocycles. The first-order valence-electron chi connectivity index (χ1n) is 12.4. The van der Waals surface area contributed by atoms with Crippen molar-refractivity contribution in [1.29, 1.82) is 0 Å². The number of carbonyl (C=O) groups is 3. The van der Waals surface area contributed by atoms with E-state index >= 15 is 0 Å². The van der Waals surface area contributed by atoms with Crippen molar-refractivity contribution in [1.82, 2.24) is 25.1 Å². The average Bonchev–Trinajstić information content (AvgIpc) is 2.85. The van der Waals surface area contributed by atoms with Gasteiger partial charge >= 0.3 is 6.03 Å². The van der Waals surface area contributed by atoms with Gasteiger partial charge < -0.3 is 15.1 Å². The topological polar surface area (TPSA) is 76.2 Å². The van der Waals surface area contributed by atoms with Crippen molar-refractivity contribution in [2.24, 2.45) is 5.92 Å². The van der Waals surface area contributed by atoms with E-state index in [9.17, 15) is 18.8 Å². The fraction of sp³-hybridized carbons (Fsp3) is 0.444. The van der Waals surface area contributed by atoms with Crippen molar-refractivity contribution in [3.05, 3.63) is 71.0 Å². The second kappa shape index (κ2) is 10.7. The monoisotopic (exact) mass is 495 g/mol. The van der Waals surface area contributed by atoms with Crippen LogP contribution in [0.4, 0.5) is 9.18 Å². The van der Waals surface area contributed by atoms with Gasteiger partial charge in [0, 0.05) is 20.1 Å². The number of amides is 4. The van der Waals surface area contributed by atoms with Gasteiger partial charge in [0.05, 0.1) is 13.1 Å². The van der Waals surface area contributed by atoms with Crippen LogP contribution in [0.5, 0.6) is 0 Å². The molecule has 0 saturated carbocycles. The van der Waals surface area contributed by atoms with Crippen molar-refractivity contribution in [3.63, 3.8) is 0 Å². The Morgan fingerprint density at radius 3 is 2.36 bits per heavy atom. The summed E-state index contributed by atoms with van der Waals surface area (Å²) in [5.41, 5.74) is 2.89. The molecule has 36 heavy (non-hydrogen) atoms. The predicted octanol–water partition coefficient (Wildman–Crippen LogP) is 3.12. The summed E-state index contributed by atoms with van der Waals surface area (Å²) < 4.78 is 13.3. The Bertz CT molecular complexity index is 1110. The van der Waals surface area contributed by atoms with Crippen LogP contribution in [0.15, 0.2) is 48.5 Å². The van der Waals surface area contributed by atoms with Crippen molar-refractivity contribution in [2.75, 3.05) is 20.1 Å². The zero-order valence-electron chi connectivity index (χ0n) is 21.3. The van der Waals surface area contributed by atoms with E-state index in [4.69, 9.17) is 0 Å². The fourth-order valence-corrected chi connectivity index (χ4v) is 4.91. The van der Waals surface area contributed by atoms with Gasteiger partial charge in [0.15, 0.2) is 0 Å². The molecule has 2 aromatic rings. The minimum Gasteiger partial charge on any atom is -0.333 e. The molecule has 192 valence electrons. The van der Waals surface area contributed by atoms with E-state index in [1.54, 1.807) is 34.0 Å². The van der Waals surface area contributed by atoms with Crippen LogP contribution >= 0.6 is 0 Å². The van der Waals surface area contributed by atoms with Gasteiger partial charge in [-0.05, 0) is 36.1 Å². The molecule has 2 heterocycles. The first-order valence-corrected chi connectivity index (χ1v) is 12.4. The molecule has 0 bridgehead atoms. The highest BCUT2D eigenvalue weighted by Gasteiger charge is 2.51. The third kappa shape index (κ3) is 5.21. The standard InChI is InChI=1S/C27H34FN5O3/c1-5-19(3)25-26(35)31(15-21-8-6-18(2)7-9-21)16-23-32(25)24(34)17-30(4)33(23)27(36)29-14-20-10-12-22(28)13-11-20/h6-13,19,23,25H,5,14-17H2,1-4H3,(H,29,36)/t19?,23-,25-/m0/s1. The summed E-state index contributed by atoms with van der Waals surface area (Å²) in [5, 5.41) is 6.03. The number of piperazine rings is 1. The number of hydrazine groups is 1. The summed E-state index contributed by atoms with van der Waals surface area (Å²) in [5.74, 6) is -0.673. The van der Waals surface area contributed by atoms with E-state index in [0.29, 0.717) is 6.54 Å². The van der Waals surface area contributed by atoms with Crippen molar-refractivity contribution >= 4 is 17.8 Å². The number of hydrogen-bond acceptors (Lipinski definition) is 4. The van der Waals surface area contributed by atoms with Gasteiger partial charge in [-0.2, -0.15) is 0 Å². The number of halogens is 1. The number of urea groups is 1. The maximum atomic E-state index is 13.7. The van der Waals surface area contributed by atoms with Crippen LogP contribution in [0.3, 0.4) is 0 Å². The molecule has 1 N–H and O–H groups in total. The summed E-state index contributed by atoms with van der Waals surface area (Å²) in [6.07, 6.45) is 0.0874. The highest BCUT2D eigenvalue weighted by Crippen LogP contribution is 2.31. The largest absolute Gasteiger partial charge is 0.334 e. The third-order valence-corrected chi connectivity index (χ3v) is 7.11. The molecule has 2 aliphatic rings. The Kier molecular flexibility index (Phi) is 7.59. The molecule has 2 aromatic carbocycles. The minimum absolute atomic E-state index is 0.00134. The molecular formula is C27H34FN5O3. The van der Waals surface area contributed by atoms with Gasteiger partial charge in [-0.15, -0.1) is 0 Å². The molecule has 4 rings (SSSR count). The fourth-order valence-electron chi connectivity index (χ4n) is 4.91. The highest BCUT2D eigenvalue weighted by atomic mass is 19.1. The van der Waals surface area contributed by atoms with Crippen molar-refractivity contribution in [3.8, 4) is 0 Å². The number of rotatable bonds is 6. The van der Waals surface area contributed by atoms with Crippen LogP contribution in [-0.2, 0) is 22.7 Å². The number of hydrogen-bond donors (Lipinski definition) is 1. The summed E-state index contributed by atoms with van der Waals surface area (Å²) in [4.78, 5) is 43.6. The van der Waals surface area contributed by atoms with Crippen LogP contribution in [0, 0.1) is 18.7 Å². The predicted molar refractivity (Wildman–Crippen MR) is 134 cm³/mol. The SMILES string of the molecule is CCC(C)[C@H]1C(=O)N(Cc2ccc(C)cc2)C[C@H]2N1C(=O)CN(C)N2C(=O)NCc1ccc(F)cc1. The summed E-state index contributed by atoms with van der Waals surface area (Å²) in [7, 11) is 1.70. The minimum atomic E-state index is -0.646. The number of aryl methyl sites for hydroxylation is 1. The van der Waals surface area contributed by atoms with Crippen molar-refractivity contribution < 1.29 is 18.8 Å². The lowest BCUT2D eigenvalue weighted by Gasteiger charge is -2.55. The van der Waals surface area contributed by atoms with E-state index in [2.05, 4.69) is 5.32 Å². The van der Waals surface area contributed by atoms with Gasteiger partial charge in [0.1, 0.15) is 18.0 Å². The maximum absolute atomic E-state index is 13.7. The normalized spacial score (nSPS) is 21.4. The Morgan fingerprint density at radius 1 is 1.08 bits per heavy atom. The molecule has 0 aromatic heterocycles. The van der Waals surface area contributed by atoms with Gasteiger partial charge in [0.25, 0.3) is 0 Å². The zero-order chi connectivity index (χ0) is 26.0. The summed E-state index contributed by atoms with van der Waals surface area (Å²) >= 11 is 0. The summed E-state index contributed by atoms with van der Waals surface area (Å²) in [6.45, 7) is 6.81. The average molecular weight is 496 g/mol. The molecule has 0 spiro atoms. The van der Waals surface area contributed by atoms with Crippen LogP contribution in [0.25, 0.3) is 0 Å². The number of fused-ring (bicyclic) bond motifs is 1. The smallest absolute Gasteiger partial charge is 0.333 e. The van der Waals surface area contributed by atoms with E-state index in [1.807, 2.05) is 45.0 Å². The molecule has 2 fully saturated rings. The van der Waals surface area contributed by atoms with Crippen LogP contribution in [-0.4, -0.2) is 70.0 Å². The number of carbonyl (C=O) groups excluding carboxylic acids is 3. The number of likely N-dealkylation sites (N-methyl/N-ethyl adjacent to an activating group) is 1. The van der Waals surface area contributed by atoms with Crippen molar-refractivity contribution in [2.45, 2.75) is 52.5 Å². The molecule has 1 unspecified atom stereocenters. The zero-order valence-corrected chi connectivity index (χ0v) is 21.3. The first-order chi connectivity index (χ1) is 17.2. The summed E-state index contributed by atoms with van der Waals surface area (Å²) in [6, 6.07) is 12.9. The lowest BCUT2D eigenvalue weighted by molar-refractivity contribution is -0.190. The Morgan fingerprint density at radius 2 is 1.72 bits per heavy atom. The van der Waals surface area contributed by atoms with Crippen LogP contribution < -0.4 is 5.32 Å². The molecule has 2 saturated heterocycles. The molecule has 2 aliphatic heterocycles. The Labute approximate surface area is 211 Å². The molecule has 8 nitrogen and oxygen atoms in total. The van der Waals surface area contributed by atoms with E-state index in [1.165, 1.54) is 17.1 Å². The maximum Gasteiger partial charge on any atom is 0.334 e. The number of nitrogens with one attached hydrogen (secondary N) is 1. The molecular weight excluding hydrogens is 461 g/mol.